The minimum atomic E-state index is -4.59. The Morgan fingerprint density at radius 1 is 1.47 bits per heavy atom. The fourth-order valence-corrected chi connectivity index (χ4v) is 1.30. The van der Waals surface area contributed by atoms with E-state index in [-0.39, 0.29) is 24.7 Å². The van der Waals surface area contributed by atoms with Gasteiger partial charge in [0, 0.05) is 33.1 Å². The summed E-state index contributed by atoms with van der Waals surface area (Å²) in [6, 6.07) is 0.792. The number of nitrogens with one attached hydrogen (secondary N) is 1. The summed E-state index contributed by atoms with van der Waals surface area (Å²) in [5.74, 6) is -0.662. The van der Waals surface area contributed by atoms with E-state index in [9.17, 15) is 18.0 Å². The van der Waals surface area contributed by atoms with E-state index in [1.54, 1.807) is 0 Å². The van der Waals surface area contributed by atoms with Crippen LogP contribution in [0.4, 0.5) is 24.9 Å². The zero-order valence-electron chi connectivity index (χ0n) is 10.5. The van der Waals surface area contributed by atoms with E-state index in [0.717, 1.165) is 6.07 Å². The minimum absolute atomic E-state index is 0.0173. The van der Waals surface area contributed by atoms with E-state index in [0.29, 0.717) is 0 Å². The van der Waals surface area contributed by atoms with Crippen molar-refractivity contribution in [2.45, 2.75) is 12.6 Å². The second-order valence-corrected chi connectivity index (χ2v) is 3.81. The zero-order chi connectivity index (χ0) is 14.6. The number of nitrogens with two attached hydrogens (primary N) is 1. The number of aromatic nitrogens is 2. The number of carbonyl (C=O) groups is 1. The average Bonchev–Trinajstić information content (AvgIpc) is 2.33. The van der Waals surface area contributed by atoms with Gasteiger partial charge in [0.1, 0.15) is 5.82 Å². The maximum Gasteiger partial charge on any atom is 0.433 e. The van der Waals surface area contributed by atoms with Crippen molar-refractivity contribution in [2.24, 2.45) is 0 Å². The quantitative estimate of drug-likeness (QED) is 0.844. The Morgan fingerprint density at radius 3 is 2.63 bits per heavy atom. The fraction of sp³-hybridized carbons (Fsp3) is 0.500. The SMILES string of the molecule is CNC(=O)CCN(C)c1cc(C(F)(F)F)nc(N)n1. The molecule has 0 unspecified atom stereocenters. The van der Waals surface area contributed by atoms with E-state index in [4.69, 9.17) is 5.73 Å². The average molecular weight is 277 g/mol. The van der Waals surface area contributed by atoms with Gasteiger partial charge < -0.3 is 16.0 Å². The van der Waals surface area contributed by atoms with Crippen LogP contribution in [-0.4, -0.2) is 36.5 Å². The molecular weight excluding hydrogens is 263 g/mol. The van der Waals surface area contributed by atoms with Crippen molar-refractivity contribution >= 4 is 17.7 Å². The molecule has 9 heteroatoms. The zero-order valence-corrected chi connectivity index (χ0v) is 10.5. The van der Waals surface area contributed by atoms with Crippen LogP contribution in [0, 0.1) is 0 Å². The topological polar surface area (TPSA) is 84.1 Å². The van der Waals surface area contributed by atoms with E-state index in [1.807, 2.05) is 0 Å². The number of nitrogens with zero attached hydrogens (tertiary/aromatic N) is 3. The summed E-state index contributed by atoms with van der Waals surface area (Å²) in [5.41, 5.74) is 4.14. The Bertz CT molecular complexity index is 463. The highest BCUT2D eigenvalue weighted by molar-refractivity contribution is 5.76. The van der Waals surface area contributed by atoms with Crippen LogP contribution in [-0.2, 0) is 11.0 Å². The third kappa shape index (κ3) is 4.27. The Hall–Kier alpha value is -2.06. The molecule has 3 N–H and O–H groups in total. The maximum atomic E-state index is 12.6. The summed E-state index contributed by atoms with van der Waals surface area (Å²) in [4.78, 5) is 19.3. The molecule has 0 fully saturated rings. The number of hydrogen-bond acceptors (Lipinski definition) is 5. The number of nitrogen functional groups attached to an aromatic ring is 1. The van der Waals surface area contributed by atoms with Crippen LogP contribution in [0.25, 0.3) is 0 Å². The van der Waals surface area contributed by atoms with E-state index in [1.165, 1.54) is 19.0 Å². The summed E-state index contributed by atoms with van der Waals surface area (Å²) in [6.45, 7) is 0.216. The summed E-state index contributed by atoms with van der Waals surface area (Å²) in [6.07, 6.45) is -4.45. The van der Waals surface area contributed by atoms with Crippen LogP contribution in [0.15, 0.2) is 6.07 Å². The summed E-state index contributed by atoms with van der Waals surface area (Å²) >= 11 is 0. The van der Waals surface area contributed by atoms with Crippen LogP contribution in [0.3, 0.4) is 0 Å². The van der Waals surface area contributed by atoms with Gasteiger partial charge in [0.25, 0.3) is 0 Å². The molecule has 1 aromatic heterocycles. The van der Waals surface area contributed by atoms with Crippen LogP contribution >= 0.6 is 0 Å². The van der Waals surface area contributed by atoms with Gasteiger partial charge in [-0.25, -0.2) is 4.98 Å². The third-order valence-electron chi connectivity index (χ3n) is 2.36. The van der Waals surface area contributed by atoms with Crippen LogP contribution in [0.5, 0.6) is 0 Å². The van der Waals surface area contributed by atoms with Gasteiger partial charge in [-0.3, -0.25) is 4.79 Å². The van der Waals surface area contributed by atoms with Gasteiger partial charge in [0.2, 0.25) is 11.9 Å². The Balaban J connectivity index is 2.88. The van der Waals surface area contributed by atoms with Crippen molar-refractivity contribution in [3.8, 4) is 0 Å². The number of rotatable bonds is 4. The molecule has 0 saturated carbocycles. The third-order valence-corrected chi connectivity index (χ3v) is 2.36. The second-order valence-electron chi connectivity index (χ2n) is 3.81. The molecule has 0 aliphatic carbocycles. The first kappa shape index (κ1) is 15.0. The largest absolute Gasteiger partial charge is 0.433 e. The predicted octanol–water partition coefficient (Wildman–Crippen LogP) is 0.650. The number of halogens is 3. The molecule has 0 aromatic carbocycles. The maximum absolute atomic E-state index is 12.6. The molecule has 0 aliphatic heterocycles. The molecule has 0 saturated heterocycles. The summed E-state index contributed by atoms with van der Waals surface area (Å²) in [7, 11) is 3.00. The van der Waals surface area contributed by atoms with Crippen LogP contribution in [0.2, 0.25) is 0 Å². The van der Waals surface area contributed by atoms with Gasteiger partial charge >= 0.3 is 6.18 Å². The highest BCUT2D eigenvalue weighted by Crippen LogP contribution is 2.29. The fourth-order valence-electron chi connectivity index (χ4n) is 1.30. The van der Waals surface area contributed by atoms with Crippen molar-refractivity contribution in [3.63, 3.8) is 0 Å². The lowest BCUT2D eigenvalue weighted by Crippen LogP contribution is -2.27. The molecule has 106 valence electrons. The van der Waals surface area contributed by atoms with Gasteiger partial charge in [0.15, 0.2) is 5.69 Å². The molecule has 1 aromatic rings. The predicted molar refractivity (Wildman–Crippen MR) is 63.4 cm³/mol. The van der Waals surface area contributed by atoms with Crippen molar-refractivity contribution in [3.05, 3.63) is 11.8 Å². The van der Waals surface area contributed by atoms with E-state index in [2.05, 4.69) is 15.3 Å². The molecule has 1 heterocycles. The van der Waals surface area contributed by atoms with Gasteiger partial charge in [-0.2, -0.15) is 18.2 Å². The first-order valence-corrected chi connectivity index (χ1v) is 5.37. The number of amides is 1. The normalized spacial score (nSPS) is 11.2. The molecule has 19 heavy (non-hydrogen) atoms. The standard InChI is InChI=1S/C10H14F3N5O/c1-15-8(19)3-4-18(2)7-5-6(10(11,12)13)16-9(14)17-7/h5H,3-4H2,1-2H3,(H,15,19)(H2,14,16,17). The van der Waals surface area contributed by atoms with Gasteiger partial charge in [0.05, 0.1) is 0 Å². The van der Waals surface area contributed by atoms with E-state index >= 15 is 0 Å². The number of alkyl halides is 3. The first-order valence-electron chi connectivity index (χ1n) is 5.37. The summed E-state index contributed by atoms with van der Waals surface area (Å²) < 4.78 is 37.7. The lowest BCUT2D eigenvalue weighted by Gasteiger charge is -2.19. The molecule has 1 rings (SSSR count). The van der Waals surface area contributed by atoms with Gasteiger partial charge in [-0.15, -0.1) is 0 Å². The number of anilines is 2. The van der Waals surface area contributed by atoms with Crippen LogP contribution < -0.4 is 16.0 Å². The monoisotopic (exact) mass is 277 g/mol. The molecule has 0 aliphatic rings. The van der Waals surface area contributed by atoms with E-state index < -0.39 is 17.8 Å². The summed E-state index contributed by atoms with van der Waals surface area (Å²) in [5, 5.41) is 2.42. The van der Waals surface area contributed by atoms with Crippen molar-refractivity contribution < 1.29 is 18.0 Å². The second kappa shape index (κ2) is 5.72. The first-order chi connectivity index (χ1) is 8.74. The number of hydrogen-bond donors (Lipinski definition) is 2. The van der Waals surface area contributed by atoms with Gasteiger partial charge in [-0.1, -0.05) is 0 Å². The smallest absolute Gasteiger partial charge is 0.368 e. The molecule has 0 bridgehead atoms. The Labute approximate surface area is 107 Å². The molecule has 0 radical (unpaired) electrons. The van der Waals surface area contributed by atoms with Crippen molar-refractivity contribution in [2.75, 3.05) is 31.3 Å². The Morgan fingerprint density at radius 2 is 2.11 bits per heavy atom. The molecule has 6 nitrogen and oxygen atoms in total. The highest BCUT2D eigenvalue weighted by atomic mass is 19.4. The molecule has 0 atom stereocenters. The van der Waals surface area contributed by atoms with Crippen molar-refractivity contribution in [1.29, 1.82) is 0 Å². The van der Waals surface area contributed by atoms with Crippen LogP contribution in [0.1, 0.15) is 12.1 Å². The molecule has 0 spiro atoms. The van der Waals surface area contributed by atoms with Crippen molar-refractivity contribution in [1.82, 2.24) is 15.3 Å². The molecule has 1 amide bonds. The number of carbonyl (C=O) groups excluding carboxylic acids is 1. The Kier molecular flexibility index (Phi) is 4.52. The minimum Gasteiger partial charge on any atom is -0.368 e. The highest BCUT2D eigenvalue weighted by Gasteiger charge is 2.33. The lowest BCUT2D eigenvalue weighted by atomic mass is 10.3. The molecular formula is C10H14F3N5O. The van der Waals surface area contributed by atoms with Gasteiger partial charge in [-0.05, 0) is 0 Å². The lowest BCUT2D eigenvalue weighted by molar-refractivity contribution is -0.141.